The Morgan fingerprint density at radius 3 is 2.24 bits per heavy atom. The summed E-state index contributed by atoms with van der Waals surface area (Å²) in [4.78, 5) is 17.1. The number of sulfonamides is 2. The number of fused-ring (bicyclic) bond motifs is 1. The van der Waals surface area contributed by atoms with E-state index in [4.69, 9.17) is 0 Å². The summed E-state index contributed by atoms with van der Waals surface area (Å²) in [7, 11) is -6.83. The van der Waals surface area contributed by atoms with Crippen molar-refractivity contribution < 1.29 is 21.6 Å². The van der Waals surface area contributed by atoms with Gasteiger partial charge in [0, 0.05) is 50.7 Å². The Balaban J connectivity index is 1.39. The van der Waals surface area contributed by atoms with Crippen LogP contribution in [0.5, 0.6) is 0 Å². The predicted molar refractivity (Wildman–Crippen MR) is 126 cm³/mol. The molecule has 2 saturated heterocycles. The molecular formula is C22H34N4O5S2. The van der Waals surface area contributed by atoms with Gasteiger partial charge in [-0.1, -0.05) is 26.7 Å². The molecule has 3 aliphatic rings. The van der Waals surface area contributed by atoms with E-state index >= 15 is 0 Å². The number of hydrogen-bond donors (Lipinski definition) is 1. The zero-order valence-electron chi connectivity index (χ0n) is 19.3. The van der Waals surface area contributed by atoms with Gasteiger partial charge in [-0.15, -0.1) is 0 Å². The van der Waals surface area contributed by atoms with Crippen LogP contribution >= 0.6 is 0 Å². The fourth-order valence-corrected chi connectivity index (χ4v) is 8.94. The van der Waals surface area contributed by atoms with Crippen LogP contribution in [0.1, 0.15) is 49.9 Å². The Bertz CT molecular complexity index is 1060. The van der Waals surface area contributed by atoms with Crippen molar-refractivity contribution in [3.8, 4) is 0 Å². The minimum atomic E-state index is -3.56. The van der Waals surface area contributed by atoms with Gasteiger partial charge >= 0.3 is 0 Å². The molecule has 0 bridgehead atoms. The van der Waals surface area contributed by atoms with E-state index in [1.54, 1.807) is 30.9 Å². The molecule has 1 N–H and O–H groups in total. The first-order valence-corrected chi connectivity index (χ1v) is 14.8. The Kier molecular flexibility index (Phi) is 7.16. The van der Waals surface area contributed by atoms with Gasteiger partial charge in [0.25, 0.3) is 5.91 Å². The number of carbonyl (C=O) groups is 1. The maximum atomic E-state index is 13.0. The third-order valence-corrected chi connectivity index (χ3v) is 11.3. The number of carbonyl (C=O) groups excluding carboxylic acids is 1. The lowest BCUT2D eigenvalue weighted by atomic mass is 9.86. The lowest BCUT2D eigenvalue weighted by molar-refractivity contribution is 0.0462. The summed E-state index contributed by atoms with van der Waals surface area (Å²) in [6.07, 6.45) is 3.50. The van der Waals surface area contributed by atoms with Gasteiger partial charge in [-0.25, -0.2) is 16.8 Å². The third-order valence-electron chi connectivity index (χ3n) is 7.28. The summed E-state index contributed by atoms with van der Waals surface area (Å²) < 4.78 is 54.7. The van der Waals surface area contributed by atoms with Crippen LogP contribution in [0.3, 0.4) is 0 Å². The molecule has 1 aromatic rings. The van der Waals surface area contributed by atoms with Gasteiger partial charge in [-0.05, 0) is 37.1 Å². The van der Waals surface area contributed by atoms with Crippen LogP contribution in [0.2, 0.25) is 0 Å². The van der Waals surface area contributed by atoms with Crippen LogP contribution in [0, 0.1) is 5.92 Å². The van der Waals surface area contributed by atoms with E-state index in [0.717, 1.165) is 25.7 Å². The Morgan fingerprint density at radius 2 is 1.64 bits per heavy atom. The lowest BCUT2D eigenvalue weighted by Gasteiger charge is -2.40. The number of hydrogen-bond acceptors (Lipinski definition) is 6. The average Bonchev–Trinajstić information content (AvgIpc) is 3.10. The zero-order chi connectivity index (χ0) is 23.8. The van der Waals surface area contributed by atoms with Crippen LogP contribution in [-0.4, -0.2) is 87.5 Å². The Hall–Kier alpha value is -1.53. The van der Waals surface area contributed by atoms with Crippen LogP contribution in [0.25, 0.3) is 0 Å². The molecule has 2 aliphatic heterocycles. The molecule has 4 rings (SSSR count). The molecule has 9 nitrogen and oxygen atoms in total. The first-order valence-electron chi connectivity index (χ1n) is 11.8. The normalized spacial score (nSPS) is 28.1. The number of benzene rings is 1. The third kappa shape index (κ3) is 4.70. The van der Waals surface area contributed by atoms with Crippen molar-refractivity contribution in [2.75, 3.05) is 39.3 Å². The molecule has 3 fully saturated rings. The zero-order valence-corrected chi connectivity index (χ0v) is 20.9. The Morgan fingerprint density at radius 1 is 1.03 bits per heavy atom. The minimum absolute atomic E-state index is 0.117. The van der Waals surface area contributed by atoms with Gasteiger partial charge in [0.15, 0.2) is 0 Å². The van der Waals surface area contributed by atoms with E-state index in [-0.39, 0.29) is 28.1 Å². The second-order valence-electron chi connectivity index (χ2n) is 9.04. The van der Waals surface area contributed by atoms with Gasteiger partial charge < -0.3 is 4.90 Å². The second kappa shape index (κ2) is 9.61. The SMILES string of the molecule is CCN(CC)S(=O)(=O)c1ccc(C(=O)N2CCN(C3NS(=O)(=O)C4CCCCC34)CC2)cc1. The highest BCUT2D eigenvalue weighted by Gasteiger charge is 2.49. The monoisotopic (exact) mass is 498 g/mol. The summed E-state index contributed by atoms with van der Waals surface area (Å²) in [5.74, 6) is -0.0183. The first-order chi connectivity index (χ1) is 15.7. The molecule has 3 atom stereocenters. The molecule has 1 saturated carbocycles. The van der Waals surface area contributed by atoms with Gasteiger partial charge in [-0.3, -0.25) is 9.69 Å². The second-order valence-corrected chi connectivity index (χ2v) is 12.9. The summed E-state index contributed by atoms with van der Waals surface area (Å²) in [6, 6.07) is 6.13. The van der Waals surface area contributed by atoms with Gasteiger partial charge in [0.1, 0.15) is 0 Å². The number of piperazine rings is 1. The first kappa shape index (κ1) is 24.6. The maximum Gasteiger partial charge on any atom is 0.253 e. The summed E-state index contributed by atoms with van der Waals surface area (Å²) in [5, 5.41) is -0.290. The fraction of sp³-hybridized carbons (Fsp3) is 0.682. The summed E-state index contributed by atoms with van der Waals surface area (Å²) in [6.45, 7) is 6.60. The number of amides is 1. The topological polar surface area (TPSA) is 107 Å². The maximum absolute atomic E-state index is 13.0. The van der Waals surface area contributed by atoms with Crippen LogP contribution in [-0.2, 0) is 20.0 Å². The number of rotatable bonds is 6. The molecule has 33 heavy (non-hydrogen) atoms. The van der Waals surface area contributed by atoms with Crippen molar-refractivity contribution >= 4 is 26.0 Å². The molecule has 0 aromatic heterocycles. The fourth-order valence-electron chi connectivity index (χ4n) is 5.43. The summed E-state index contributed by atoms with van der Waals surface area (Å²) >= 11 is 0. The van der Waals surface area contributed by atoms with Crippen molar-refractivity contribution in [2.24, 2.45) is 5.92 Å². The highest BCUT2D eigenvalue weighted by molar-refractivity contribution is 7.90. The van der Waals surface area contributed by atoms with Crippen molar-refractivity contribution in [3.63, 3.8) is 0 Å². The molecule has 2 heterocycles. The van der Waals surface area contributed by atoms with E-state index in [2.05, 4.69) is 9.62 Å². The quantitative estimate of drug-likeness (QED) is 0.634. The Labute approximate surface area is 197 Å². The molecule has 11 heteroatoms. The molecule has 3 unspecified atom stereocenters. The number of nitrogens with zero attached hydrogens (tertiary/aromatic N) is 3. The lowest BCUT2D eigenvalue weighted by Crippen LogP contribution is -2.56. The standard InChI is InChI=1S/C22H34N4O5S2/c1-3-26(4-2)33(30,31)18-11-9-17(10-12-18)22(27)25-15-13-24(14-16-25)21-19-7-5-6-8-20(19)32(28,29)23-21/h9-12,19-21,23H,3-8,13-16H2,1-2H3. The smallest absolute Gasteiger partial charge is 0.253 e. The minimum Gasteiger partial charge on any atom is -0.336 e. The van der Waals surface area contributed by atoms with Crippen molar-refractivity contribution in [2.45, 2.75) is 55.8 Å². The highest BCUT2D eigenvalue weighted by atomic mass is 32.2. The van der Waals surface area contributed by atoms with Gasteiger partial charge in [0.05, 0.1) is 16.3 Å². The molecule has 0 radical (unpaired) electrons. The van der Waals surface area contributed by atoms with Crippen molar-refractivity contribution in [3.05, 3.63) is 29.8 Å². The molecule has 184 valence electrons. The molecular weight excluding hydrogens is 464 g/mol. The summed E-state index contributed by atoms with van der Waals surface area (Å²) in [5.41, 5.74) is 0.455. The van der Waals surface area contributed by atoms with E-state index in [0.29, 0.717) is 44.8 Å². The van der Waals surface area contributed by atoms with Crippen LogP contribution in [0.4, 0.5) is 0 Å². The van der Waals surface area contributed by atoms with E-state index in [1.165, 1.54) is 16.4 Å². The average molecular weight is 499 g/mol. The molecule has 1 amide bonds. The molecule has 1 aromatic carbocycles. The van der Waals surface area contributed by atoms with Crippen LogP contribution in [0.15, 0.2) is 29.2 Å². The van der Waals surface area contributed by atoms with Crippen molar-refractivity contribution in [1.82, 2.24) is 18.8 Å². The molecule has 0 spiro atoms. The van der Waals surface area contributed by atoms with E-state index in [9.17, 15) is 21.6 Å². The van der Waals surface area contributed by atoms with Gasteiger partial charge in [0.2, 0.25) is 20.0 Å². The molecule has 1 aliphatic carbocycles. The van der Waals surface area contributed by atoms with E-state index in [1.807, 2.05) is 0 Å². The van der Waals surface area contributed by atoms with Crippen LogP contribution < -0.4 is 4.72 Å². The van der Waals surface area contributed by atoms with Gasteiger partial charge in [-0.2, -0.15) is 9.03 Å². The largest absolute Gasteiger partial charge is 0.336 e. The van der Waals surface area contributed by atoms with Crippen molar-refractivity contribution in [1.29, 1.82) is 0 Å². The van der Waals surface area contributed by atoms with E-state index < -0.39 is 20.0 Å². The highest BCUT2D eigenvalue weighted by Crippen LogP contribution is 2.38. The number of nitrogens with one attached hydrogen (secondary N) is 1. The predicted octanol–water partition coefficient (Wildman–Crippen LogP) is 1.29.